The van der Waals surface area contributed by atoms with Gasteiger partial charge in [0.15, 0.2) is 8.32 Å². The normalized spacial score (nSPS) is 40.0. The predicted octanol–water partition coefficient (Wildman–Crippen LogP) is 17.8. The molecule has 1 nitrogen and oxygen atoms in total. The number of hydrogen-bond donors (Lipinski definition) is 0. The second kappa shape index (κ2) is 20.9. The predicted molar refractivity (Wildman–Crippen MR) is 274 cm³/mol. The lowest BCUT2D eigenvalue weighted by Crippen LogP contribution is -2.72. The Morgan fingerprint density at radius 2 is 0.689 bits per heavy atom. The Morgan fingerprint density at radius 1 is 0.426 bits per heavy atom. The molecule has 5 saturated carbocycles. The van der Waals surface area contributed by atoms with Gasteiger partial charge in [0.2, 0.25) is 8.32 Å². The van der Waals surface area contributed by atoms with E-state index in [1.807, 2.05) is 0 Å². The van der Waals surface area contributed by atoms with Crippen LogP contribution in [0, 0.1) is 88.8 Å². The van der Waals surface area contributed by atoms with Crippen molar-refractivity contribution in [2.24, 2.45) is 88.8 Å². The van der Waals surface area contributed by atoms with Gasteiger partial charge in [-0.2, -0.15) is 0 Å². The largest absolute Gasteiger partial charge is 0.451 e. The van der Waals surface area contributed by atoms with Crippen LogP contribution in [0.3, 0.4) is 0 Å². The van der Waals surface area contributed by atoms with Crippen molar-refractivity contribution < 1.29 is 4.12 Å². The van der Waals surface area contributed by atoms with Crippen molar-refractivity contribution in [1.82, 2.24) is 0 Å². The summed E-state index contributed by atoms with van der Waals surface area (Å²) in [7, 11) is -5.60. The second-order valence-corrected chi connectivity index (χ2v) is 34.1. The first kappa shape index (κ1) is 49.8. The summed E-state index contributed by atoms with van der Waals surface area (Å²) in [6.07, 6.45) is 23.3. The van der Waals surface area contributed by atoms with Crippen molar-refractivity contribution >= 4 is 27.9 Å². The Labute approximate surface area is 383 Å². The summed E-state index contributed by atoms with van der Waals surface area (Å²) in [5, 5.41) is 1.73. The minimum absolute atomic E-state index is 0.671. The van der Waals surface area contributed by atoms with E-state index in [-0.39, 0.29) is 0 Å². The molecule has 61 heavy (non-hydrogen) atoms. The van der Waals surface area contributed by atoms with E-state index in [1.165, 1.54) is 102 Å². The van der Waals surface area contributed by atoms with Gasteiger partial charge >= 0.3 is 0 Å². The Balaban J connectivity index is 1.83. The molecular formula is C58H102OSi2. The molecule has 0 spiro atoms. The molecule has 0 heterocycles. The molecule has 348 valence electrons. The summed E-state index contributed by atoms with van der Waals surface area (Å²) < 4.78 is 10.2. The number of hydrogen-bond acceptors (Lipinski definition) is 1. The van der Waals surface area contributed by atoms with Crippen LogP contribution in [0.1, 0.15) is 206 Å². The number of benzene rings is 1. The maximum absolute atomic E-state index is 10.2. The molecule has 6 rings (SSSR count). The zero-order valence-corrected chi connectivity index (χ0v) is 45.2. The molecule has 0 radical (unpaired) electrons. The minimum atomic E-state index is -2.86. The van der Waals surface area contributed by atoms with Crippen molar-refractivity contribution in [2.45, 2.75) is 228 Å². The average Bonchev–Trinajstić information content (AvgIpc) is 3.21. The van der Waals surface area contributed by atoms with Crippen molar-refractivity contribution in [3.63, 3.8) is 0 Å². The Bertz CT molecular complexity index is 1400. The third kappa shape index (κ3) is 10.2. The monoisotopic (exact) mass is 871 g/mol. The fourth-order valence-electron chi connectivity index (χ4n) is 16.7. The maximum Gasteiger partial charge on any atom is 0.219 e. The molecule has 5 fully saturated rings. The molecule has 15 atom stereocenters. The van der Waals surface area contributed by atoms with E-state index in [1.54, 1.807) is 5.19 Å². The molecule has 5 aliphatic rings. The molecule has 0 aromatic heterocycles. The first-order valence-corrected chi connectivity index (χ1v) is 31.5. The van der Waals surface area contributed by atoms with Gasteiger partial charge in [-0.15, -0.1) is 0 Å². The van der Waals surface area contributed by atoms with Crippen LogP contribution in [-0.4, -0.2) is 16.6 Å². The van der Waals surface area contributed by atoms with Gasteiger partial charge in [-0.05, 0) is 191 Å². The fraction of sp³-hybridized carbons (Fsp3) is 0.862. The fourth-order valence-corrected chi connectivity index (χ4v) is 36.1. The van der Waals surface area contributed by atoms with Crippen LogP contribution >= 0.6 is 0 Å². The Hall–Kier alpha value is -0.646. The van der Waals surface area contributed by atoms with Crippen LogP contribution < -0.4 is 5.19 Å². The van der Waals surface area contributed by atoms with Gasteiger partial charge in [0, 0.05) is 0 Å². The SMILES string of the molecule is C=Cc1ccc([Si](O[Si](C2CC(C)CCC2C(C)C)(C2CC(C)CCC2C(C)C)C2CC(C)CCC2C(C)C)(C2CC(C)CCC2C(C)C)C2CC(C)CCC2C(C)C)cc1. The molecule has 1 aromatic rings. The summed E-state index contributed by atoms with van der Waals surface area (Å²) in [5.41, 5.74) is 4.88. The first-order valence-electron chi connectivity index (χ1n) is 27.3. The average molecular weight is 872 g/mol. The number of rotatable bonds is 14. The molecule has 3 heteroatoms. The molecule has 5 aliphatic carbocycles. The van der Waals surface area contributed by atoms with Crippen molar-refractivity contribution in [1.29, 1.82) is 0 Å². The van der Waals surface area contributed by atoms with E-state index in [0.29, 0.717) is 40.7 Å². The second-order valence-electron chi connectivity index (χ2n) is 25.7. The smallest absolute Gasteiger partial charge is 0.219 e. The Morgan fingerprint density at radius 3 is 0.951 bits per heavy atom. The lowest BCUT2D eigenvalue weighted by Gasteiger charge is -2.66. The Kier molecular flexibility index (Phi) is 17.1. The van der Waals surface area contributed by atoms with Crippen molar-refractivity contribution in [2.75, 3.05) is 0 Å². The molecule has 0 aliphatic heterocycles. The lowest BCUT2D eigenvalue weighted by atomic mass is 9.75. The molecular weight excluding hydrogens is 769 g/mol. The summed E-state index contributed by atoms with van der Waals surface area (Å²) in [5.74, 6) is 11.3. The summed E-state index contributed by atoms with van der Waals surface area (Å²) in [6.45, 7) is 44.2. The molecule has 0 amide bonds. The summed E-state index contributed by atoms with van der Waals surface area (Å²) in [6, 6.07) is 10.4. The highest BCUT2D eigenvalue weighted by Crippen LogP contribution is 2.68. The summed E-state index contributed by atoms with van der Waals surface area (Å²) >= 11 is 0. The molecule has 0 saturated heterocycles. The highest BCUT2D eigenvalue weighted by molar-refractivity contribution is 6.97. The van der Waals surface area contributed by atoms with Crippen molar-refractivity contribution in [3.05, 3.63) is 36.4 Å². The summed E-state index contributed by atoms with van der Waals surface area (Å²) in [4.78, 5) is 0. The highest BCUT2D eigenvalue weighted by atomic mass is 28.4. The van der Waals surface area contributed by atoms with Gasteiger partial charge in [0.1, 0.15) is 0 Å². The van der Waals surface area contributed by atoms with E-state index < -0.39 is 16.6 Å². The third-order valence-corrected chi connectivity index (χ3v) is 32.9. The van der Waals surface area contributed by atoms with Gasteiger partial charge in [-0.3, -0.25) is 0 Å². The van der Waals surface area contributed by atoms with Gasteiger partial charge in [0.05, 0.1) is 0 Å². The molecule has 0 bridgehead atoms. The van der Waals surface area contributed by atoms with E-state index >= 15 is 0 Å². The highest BCUT2D eigenvalue weighted by Gasteiger charge is 2.69. The van der Waals surface area contributed by atoms with Gasteiger partial charge < -0.3 is 4.12 Å². The van der Waals surface area contributed by atoms with Crippen LogP contribution in [0.4, 0.5) is 0 Å². The van der Waals surface area contributed by atoms with Crippen molar-refractivity contribution in [3.8, 4) is 0 Å². The molecule has 15 unspecified atom stereocenters. The quantitative estimate of drug-likeness (QED) is 0.169. The lowest BCUT2D eigenvalue weighted by molar-refractivity contribution is 0.141. The van der Waals surface area contributed by atoms with Crippen LogP contribution in [0.15, 0.2) is 30.8 Å². The van der Waals surface area contributed by atoms with Crippen LogP contribution in [0.5, 0.6) is 0 Å². The minimum Gasteiger partial charge on any atom is -0.451 e. The molecule has 0 N–H and O–H groups in total. The topological polar surface area (TPSA) is 9.23 Å². The maximum atomic E-state index is 10.2. The van der Waals surface area contributed by atoms with Gasteiger partial charge in [0.25, 0.3) is 0 Å². The van der Waals surface area contributed by atoms with E-state index in [2.05, 4.69) is 141 Å². The standard InChI is InChI=1S/C58H102OSi2/c1-17-47-23-25-48(26-24-47)60(54-32-42(12)18-27-49(54)37(2)3,55-33-43(13)19-28-50(55)38(4)5)59-61(56-34-44(14)20-29-51(56)39(6)7,57-35-45(15)21-30-52(57)40(8)9)58-36-46(16)22-31-53(58)41(10)11/h17,23-26,37-46,49-58H,1,18-22,27-36H2,2-16H3. The van der Waals surface area contributed by atoms with Crippen LogP contribution in [-0.2, 0) is 4.12 Å². The zero-order chi connectivity index (χ0) is 44.6. The molecule has 1 aromatic carbocycles. The van der Waals surface area contributed by atoms with Crippen LogP contribution in [0.25, 0.3) is 6.08 Å². The van der Waals surface area contributed by atoms with E-state index in [0.717, 1.165) is 75.8 Å². The van der Waals surface area contributed by atoms with Gasteiger partial charge in [-0.25, -0.2) is 0 Å². The first-order chi connectivity index (χ1) is 28.8. The van der Waals surface area contributed by atoms with E-state index in [9.17, 15) is 4.12 Å². The van der Waals surface area contributed by atoms with Gasteiger partial charge in [-0.1, -0.05) is 173 Å². The third-order valence-electron chi connectivity index (χ3n) is 19.9. The van der Waals surface area contributed by atoms with Crippen LogP contribution in [0.2, 0.25) is 27.7 Å². The van der Waals surface area contributed by atoms with E-state index in [4.69, 9.17) is 0 Å². The zero-order valence-electron chi connectivity index (χ0n) is 43.2.